The van der Waals surface area contributed by atoms with Crippen molar-refractivity contribution in [2.24, 2.45) is 0 Å². The highest BCUT2D eigenvalue weighted by molar-refractivity contribution is 6.30. The molecule has 1 aromatic rings. The van der Waals surface area contributed by atoms with E-state index in [1.165, 1.54) is 0 Å². The van der Waals surface area contributed by atoms with Crippen molar-refractivity contribution in [1.29, 1.82) is 0 Å². The molecule has 0 atom stereocenters. The highest BCUT2D eigenvalue weighted by atomic mass is 35.5. The van der Waals surface area contributed by atoms with Gasteiger partial charge in [-0.05, 0) is 26.0 Å². The Bertz CT molecular complexity index is 449. The molecule has 0 aliphatic carbocycles. The van der Waals surface area contributed by atoms with Crippen molar-refractivity contribution >= 4 is 17.5 Å². The zero-order valence-corrected chi connectivity index (χ0v) is 10.1. The van der Waals surface area contributed by atoms with Gasteiger partial charge in [-0.25, -0.2) is 8.78 Å². The molecule has 0 aromatic heterocycles. The first kappa shape index (κ1) is 13.9. The van der Waals surface area contributed by atoms with Crippen LogP contribution < -0.4 is 5.32 Å². The average molecular weight is 264 g/mol. The average Bonchev–Trinajstić information content (AvgIpc) is 2.22. The summed E-state index contributed by atoms with van der Waals surface area (Å²) in [5, 5.41) is 10.9. The number of amides is 1. The van der Waals surface area contributed by atoms with E-state index in [1.54, 1.807) is 13.8 Å². The summed E-state index contributed by atoms with van der Waals surface area (Å²) < 4.78 is 26.5. The smallest absolute Gasteiger partial charge is 0.254 e. The summed E-state index contributed by atoms with van der Waals surface area (Å²) in [6, 6.07) is 1.46. The van der Waals surface area contributed by atoms with E-state index in [9.17, 15) is 13.6 Å². The van der Waals surface area contributed by atoms with Gasteiger partial charge in [0.1, 0.15) is 11.6 Å². The molecular weight excluding hydrogens is 252 g/mol. The molecule has 0 saturated heterocycles. The van der Waals surface area contributed by atoms with Crippen molar-refractivity contribution in [3.05, 3.63) is 34.4 Å². The number of benzene rings is 1. The molecule has 1 aromatic carbocycles. The SMILES string of the molecule is CC(C)(CO)NC(=O)c1cc(F)c(Cl)cc1F. The van der Waals surface area contributed by atoms with E-state index in [2.05, 4.69) is 5.32 Å². The van der Waals surface area contributed by atoms with Gasteiger partial charge in [-0.2, -0.15) is 0 Å². The number of carbonyl (C=O) groups excluding carboxylic acids is 1. The Labute approximate surface area is 102 Å². The normalized spacial score (nSPS) is 11.4. The second kappa shape index (κ2) is 4.98. The first-order valence-corrected chi connectivity index (χ1v) is 5.22. The van der Waals surface area contributed by atoms with Gasteiger partial charge in [-0.1, -0.05) is 11.6 Å². The maximum Gasteiger partial charge on any atom is 0.254 e. The molecule has 0 radical (unpaired) electrons. The van der Waals surface area contributed by atoms with Gasteiger partial charge in [0.05, 0.1) is 22.7 Å². The predicted molar refractivity (Wildman–Crippen MR) is 60.0 cm³/mol. The number of carbonyl (C=O) groups is 1. The van der Waals surface area contributed by atoms with Crippen molar-refractivity contribution < 1.29 is 18.7 Å². The van der Waals surface area contributed by atoms with Crippen molar-refractivity contribution in [2.75, 3.05) is 6.61 Å². The Balaban J connectivity index is 3.01. The molecule has 6 heteroatoms. The molecular formula is C11H12ClF2NO2. The van der Waals surface area contributed by atoms with Crippen LogP contribution in [0.1, 0.15) is 24.2 Å². The van der Waals surface area contributed by atoms with Gasteiger partial charge >= 0.3 is 0 Å². The van der Waals surface area contributed by atoms with Gasteiger partial charge in [0.25, 0.3) is 5.91 Å². The number of aliphatic hydroxyl groups excluding tert-OH is 1. The summed E-state index contributed by atoms with van der Waals surface area (Å²) in [6.07, 6.45) is 0. The zero-order valence-electron chi connectivity index (χ0n) is 9.35. The van der Waals surface area contributed by atoms with Crippen LogP contribution in [-0.2, 0) is 0 Å². The van der Waals surface area contributed by atoms with Crippen LogP contribution in [0.3, 0.4) is 0 Å². The van der Waals surface area contributed by atoms with Gasteiger partial charge in [0, 0.05) is 0 Å². The third kappa shape index (κ3) is 3.38. The van der Waals surface area contributed by atoms with E-state index in [1.807, 2.05) is 0 Å². The Morgan fingerprint density at radius 3 is 2.53 bits per heavy atom. The largest absolute Gasteiger partial charge is 0.394 e. The van der Waals surface area contributed by atoms with E-state index < -0.39 is 28.6 Å². The molecule has 0 bridgehead atoms. The fourth-order valence-electron chi connectivity index (χ4n) is 1.11. The minimum Gasteiger partial charge on any atom is -0.394 e. The molecule has 0 fully saturated rings. The lowest BCUT2D eigenvalue weighted by molar-refractivity contribution is 0.0864. The second-order valence-electron chi connectivity index (χ2n) is 4.24. The van der Waals surface area contributed by atoms with Crippen LogP contribution in [0, 0.1) is 11.6 Å². The van der Waals surface area contributed by atoms with Crippen LogP contribution in [-0.4, -0.2) is 23.2 Å². The van der Waals surface area contributed by atoms with Crippen LogP contribution in [0.5, 0.6) is 0 Å². The molecule has 1 rings (SSSR count). The fourth-order valence-corrected chi connectivity index (χ4v) is 1.26. The number of nitrogens with one attached hydrogen (secondary N) is 1. The molecule has 0 spiro atoms. The molecule has 0 saturated carbocycles. The molecule has 0 aliphatic rings. The van der Waals surface area contributed by atoms with Crippen LogP contribution in [0.2, 0.25) is 5.02 Å². The summed E-state index contributed by atoms with van der Waals surface area (Å²) in [6.45, 7) is 2.78. The predicted octanol–water partition coefficient (Wildman–Crippen LogP) is 2.12. The van der Waals surface area contributed by atoms with Gasteiger partial charge in [-0.3, -0.25) is 4.79 Å². The van der Waals surface area contributed by atoms with Crippen LogP contribution in [0.4, 0.5) is 8.78 Å². The van der Waals surface area contributed by atoms with E-state index in [0.717, 1.165) is 12.1 Å². The standard InChI is InChI=1S/C11H12ClF2NO2/c1-11(2,5-16)15-10(17)6-3-9(14)7(12)4-8(6)13/h3-4,16H,5H2,1-2H3,(H,15,17). The topological polar surface area (TPSA) is 49.3 Å². The minimum absolute atomic E-state index is 0.323. The summed E-state index contributed by atoms with van der Waals surface area (Å²) in [7, 11) is 0. The minimum atomic E-state index is -0.917. The van der Waals surface area contributed by atoms with E-state index in [0.29, 0.717) is 0 Å². The summed E-state index contributed by atoms with van der Waals surface area (Å²) in [5.74, 6) is -2.60. The van der Waals surface area contributed by atoms with Crippen LogP contribution >= 0.6 is 11.6 Å². The Morgan fingerprint density at radius 2 is 2.00 bits per heavy atom. The quantitative estimate of drug-likeness (QED) is 0.821. The maximum atomic E-state index is 13.4. The van der Waals surface area contributed by atoms with Crippen molar-refractivity contribution in [3.63, 3.8) is 0 Å². The van der Waals surface area contributed by atoms with Crippen LogP contribution in [0.25, 0.3) is 0 Å². The molecule has 17 heavy (non-hydrogen) atoms. The maximum absolute atomic E-state index is 13.4. The van der Waals surface area contributed by atoms with Gasteiger partial charge in [0.15, 0.2) is 0 Å². The Hall–Kier alpha value is -1.20. The molecule has 3 nitrogen and oxygen atoms in total. The van der Waals surface area contributed by atoms with Crippen molar-refractivity contribution in [3.8, 4) is 0 Å². The lowest BCUT2D eigenvalue weighted by Gasteiger charge is -2.23. The highest BCUT2D eigenvalue weighted by Gasteiger charge is 2.23. The third-order valence-corrected chi connectivity index (χ3v) is 2.39. The van der Waals surface area contributed by atoms with E-state index in [4.69, 9.17) is 16.7 Å². The lowest BCUT2D eigenvalue weighted by Crippen LogP contribution is -2.46. The molecule has 0 heterocycles. The first-order valence-electron chi connectivity index (χ1n) is 4.85. The van der Waals surface area contributed by atoms with E-state index >= 15 is 0 Å². The number of hydrogen-bond acceptors (Lipinski definition) is 2. The number of halogens is 3. The highest BCUT2D eigenvalue weighted by Crippen LogP contribution is 2.19. The molecule has 1 amide bonds. The first-order chi connectivity index (χ1) is 7.76. The summed E-state index contributed by atoms with van der Waals surface area (Å²) in [5.41, 5.74) is -1.37. The van der Waals surface area contributed by atoms with Gasteiger partial charge < -0.3 is 10.4 Å². The number of hydrogen-bond donors (Lipinski definition) is 2. The molecule has 2 N–H and O–H groups in total. The molecule has 0 aliphatic heterocycles. The molecule has 0 unspecified atom stereocenters. The van der Waals surface area contributed by atoms with Crippen molar-refractivity contribution in [2.45, 2.75) is 19.4 Å². The summed E-state index contributed by atoms with van der Waals surface area (Å²) >= 11 is 5.36. The number of rotatable bonds is 3. The third-order valence-electron chi connectivity index (χ3n) is 2.10. The van der Waals surface area contributed by atoms with Crippen LogP contribution in [0.15, 0.2) is 12.1 Å². The van der Waals surface area contributed by atoms with Crippen molar-refractivity contribution in [1.82, 2.24) is 5.32 Å². The summed E-state index contributed by atoms with van der Waals surface area (Å²) in [4.78, 5) is 11.6. The fraction of sp³-hybridized carbons (Fsp3) is 0.364. The Kier molecular flexibility index (Phi) is 4.06. The lowest BCUT2D eigenvalue weighted by atomic mass is 10.1. The molecule has 94 valence electrons. The van der Waals surface area contributed by atoms with E-state index in [-0.39, 0.29) is 11.6 Å². The van der Waals surface area contributed by atoms with Gasteiger partial charge in [0.2, 0.25) is 0 Å². The monoisotopic (exact) mass is 263 g/mol. The number of aliphatic hydroxyl groups is 1. The van der Waals surface area contributed by atoms with Gasteiger partial charge in [-0.15, -0.1) is 0 Å². The second-order valence-corrected chi connectivity index (χ2v) is 4.65. The Morgan fingerprint density at radius 1 is 1.41 bits per heavy atom. The zero-order chi connectivity index (χ0) is 13.2.